The van der Waals surface area contributed by atoms with Crippen LogP contribution in [0.5, 0.6) is 0 Å². The van der Waals surface area contributed by atoms with E-state index < -0.39 is 5.60 Å². The maximum absolute atomic E-state index is 11.2. The molecule has 0 bridgehead atoms. The standard InChI is InChI=1S/C22H33NO2/c1-4-21-12-10-18-17-9-7-16(23-25-3)14-15(17)6-8-19(18)20(21)11-13-22(21,24)5-2/h2,15,17-20,24H,4,6-14H2,1,3H3/b23-16+. The van der Waals surface area contributed by atoms with Crippen LogP contribution in [0.15, 0.2) is 5.16 Å². The Balaban J connectivity index is 1.57. The van der Waals surface area contributed by atoms with E-state index in [1.165, 1.54) is 31.4 Å². The van der Waals surface area contributed by atoms with E-state index in [1.54, 1.807) is 7.11 Å². The highest BCUT2D eigenvalue weighted by atomic mass is 16.6. The summed E-state index contributed by atoms with van der Waals surface area (Å²) in [6, 6.07) is 0. The Morgan fingerprint density at radius 2 is 2.00 bits per heavy atom. The first-order valence-corrected chi connectivity index (χ1v) is 10.4. The van der Waals surface area contributed by atoms with Gasteiger partial charge >= 0.3 is 0 Å². The van der Waals surface area contributed by atoms with Crippen molar-refractivity contribution in [2.24, 2.45) is 40.2 Å². The van der Waals surface area contributed by atoms with Crippen molar-refractivity contribution >= 4 is 5.71 Å². The van der Waals surface area contributed by atoms with Gasteiger partial charge in [0.2, 0.25) is 0 Å². The molecule has 4 aliphatic carbocycles. The zero-order chi connectivity index (χ0) is 17.7. The molecule has 0 aliphatic heterocycles. The largest absolute Gasteiger partial charge is 0.399 e. The SMILES string of the molecule is C#CC1(O)CCC2C3CCC4C/C(=N/OC)CCC4C3CCC21CC. The molecular formula is C22H33NO2. The molecule has 0 aromatic rings. The lowest BCUT2D eigenvalue weighted by molar-refractivity contribution is -0.113. The predicted octanol–water partition coefficient (Wildman–Crippen LogP) is 4.40. The topological polar surface area (TPSA) is 41.8 Å². The molecule has 4 rings (SSSR count). The second-order valence-corrected chi connectivity index (χ2v) is 9.11. The summed E-state index contributed by atoms with van der Waals surface area (Å²) in [4.78, 5) is 5.03. The lowest BCUT2D eigenvalue weighted by Crippen LogP contribution is -2.54. The highest BCUT2D eigenvalue weighted by Gasteiger charge is 2.63. The fourth-order valence-corrected chi connectivity index (χ4v) is 7.67. The molecule has 25 heavy (non-hydrogen) atoms. The third-order valence-corrected chi connectivity index (χ3v) is 8.72. The molecule has 0 heterocycles. The Hall–Kier alpha value is -1.01. The van der Waals surface area contributed by atoms with Crippen LogP contribution in [0.4, 0.5) is 0 Å². The van der Waals surface area contributed by atoms with E-state index in [0.717, 1.165) is 62.2 Å². The molecule has 138 valence electrons. The number of rotatable bonds is 2. The van der Waals surface area contributed by atoms with Gasteiger partial charge in [-0.25, -0.2) is 0 Å². The first kappa shape index (κ1) is 17.4. The quantitative estimate of drug-likeness (QED) is 0.596. The minimum absolute atomic E-state index is 0.0207. The van der Waals surface area contributed by atoms with Crippen molar-refractivity contribution in [1.82, 2.24) is 0 Å². The van der Waals surface area contributed by atoms with Crippen molar-refractivity contribution in [3.8, 4) is 12.3 Å². The fraction of sp³-hybridized carbons (Fsp3) is 0.864. The smallest absolute Gasteiger partial charge is 0.131 e. The molecule has 0 aromatic heterocycles. The summed E-state index contributed by atoms with van der Waals surface area (Å²) in [6.45, 7) is 2.25. The molecule has 3 nitrogen and oxygen atoms in total. The van der Waals surface area contributed by atoms with Crippen molar-refractivity contribution in [1.29, 1.82) is 0 Å². The number of fused-ring (bicyclic) bond motifs is 5. The van der Waals surface area contributed by atoms with Crippen molar-refractivity contribution in [2.75, 3.05) is 7.11 Å². The summed E-state index contributed by atoms with van der Waals surface area (Å²) < 4.78 is 0. The van der Waals surface area contributed by atoms with E-state index in [9.17, 15) is 5.11 Å². The van der Waals surface area contributed by atoms with Gasteiger partial charge in [-0.1, -0.05) is 18.0 Å². The van der Waals surface area contributed by atoms with Gasteiger partial charge in [0, 0.05) is 5.41 Å². The third kappa shape index (κ3) is 2.40. The number of hydrogen-bond acceptors (Lipinski definition) is 3. The maximum atomic E-state index is 11.2. The number of aliphatic hydroxyl groups is 1. The lowest BCUT2D eigenvalue weighted by atomic mass is 9.48. The van der Waals surface area contributed by atoms with E-state index in [4.69, 9.17) is 11.3 Å². The average Bonchev–Trinajstić information content (AvgIpc) is 2.95. The molecule has 7 atom stereocenters. The van der Waals surface area contributed by atoms with Crippen LogP contribution < -0.4 is 0 Å². The zero-order valence-corrected chi connectivity index (χ0v) is 15.8. The predicted molar refractivity (Wildman–Crippen MR) is 100.0 cm³/mol. The molecule has 4 fully saturated rings. The Morgan fingerprint density at radius 3 is 2.72 bits per heavy atom. The number of terminal acetylenes is 1. The molecule has 1 N–H and O–H groups in total. The average molecular weight is 344 g/mol. The van der Waals surface area contributed by atoms with Gasteiger partial charge in [-0.3, -0.25) is 0 Å². The van der Waals surface area contributed by atoms with Gasteiger partial charge in [0.25, 0.3) is 0 Å². The summed E-state index contributed by atoms with van der Waals surface area (Å²) in [5.41, 5.74) is 0.384. The third-order valence-electron chi connectivity index (χ3n) is 8.72. The lowest BCUT2D eigenvalue weighted by Gasteiger charge is -2.57. The first-order valence-electron chi connectivity index (χ1n) is 10.4. The van der Waals surface area contributed by atoms with Gasteiger partial charge in [-0.15, -0.1) is 6.42 Å². The highest BCUT2D eigenvalue weighted by Crippen LogP contribution is 2.66. The summed E-state index contributed by atoms with van der Waals surface area (Å²) in [7, 11) is 1.66. The van der Waals surface area contributed by atoms with Crippen LogP contribution in [0.2, 0.25) is 0 Å². The Kier molecular flexibility index (Phi) is 4.39. The second kappa shape index (κ2) is 6.31. The van der Waals surface area contributed by atoms with Crippen molar-refractivity contribution in [2.45, 2.75) is 76.7 Å². The molecule has 0 amide bonds. The van der Waals surface area contributed by atoms with Gasteiger partial charge in [0.1, 0.15) is 12.7 Å². The van der Waals surface area contributed by atoms with Crippen LogP contribution in [0.3, 0.4) is 0 Å². The van der Waals surface area contributed by atoms with Gasteiger partial charge in [0.05, 0.1) is 5.71 Å². The van der Waals surface area contributed by atoms with Crippen LogP contribution in [-0.4, -0.2) is 23.5 Å². The van der Waals surface area contributed by atoms with Crippen LogP contribution in [0.1, 0.15) is 71.1 Å². The van der Waals surface area contributed by atoms with Crippen molar-refractivity contribution < 1.29 is 9.94 Å². The van der Waals surface area contributed by atoms with E-state index in [1.807, 2.05) is 0 Å². The highest BCUT2D eigenvalue weighted by molar-refractivity contribution is 5.85. The Morgan fingerprint density at radius 1 is 1.16 bits per heavy atom. The van der Waals surface area contributed by atoms with Gasteiger partial charge in [-0.05, 0) is 93.8 Å². The van der Waals surface area contributed by atoms with E-state index in [0.29, 0.717) is 5.92 Å². The van der Waals surface area contributed by atoms with E-state index in [-0.39, 0.29) is 5.41 Å². The number of nitrogens with zero attached hydrogens (tertiary/aromatic N) is 1. The zero-order valence-electron chi connectivity index (χ0n) is 15.8. The molecule has 0 spiro atoms. The van der Waals surface area contributed by atoms with Crippen molar-refractivity contribution in [3.63, 3.8) is 0 Å². The minimum atomic E-state index is -0.862. The molecule has 4 saturated carbocycles. The Bertz CT molecular complexity index is 593. The molecular weight excluding hydrogens is 310 g/mol. The number of hydrogen-bond donors (Lipinski definition) is 1. The van der Waals surface area contributed by atoms with Gasteiger partial charge in [0.15, 0.2) is 0 Å². The summed E-state index contributed by atoms with van der Waals surface area (Å²) in [5.74, 6) is 6.73. The molecule has 0 saturated heterocycles. The summed E-state index contributed by atoms with van der Waals surface area (Å²) >= 11 is 0. The monoisotopic (exact) mass is 343 g/mol. The fourth-order valence-electron chi connectivity index (χ4n) is 7.67. The van der Waals surface area contributed by atoms with Crippen LogP contribution in [0.25, 0.3) is 0 Å². The minimum Gasteiger partial charge on any atom is -0.399 e. The molecule has 3 heteroatoms. The maximum Gasteiger partial charge on any atom is 0.131 e. The molecule has 0 radical (unpaired) electrons. The van der Waals surface area contributed by atoms with Crippen LogP contribution in [-0.2, 0) is 4.84 Å². The van der Waals surface area contributed by atoms with Crippen LogP contribution >= 0.6 is 0 Å². The number of oxime groups is 1. The van der Waals surface area contributed by atoms with Crippen LogP contribution in [0, 0.1) is 47.3 Å². The van der Waals surface area contributed by atoms with Gasteiger partial charge < -0.3 is 9.94 Å². The molecule has 4 aliphatic rings. The summed E-state index contributed by atoms with van der Waals surface area (Å²) in [5, 5.41) is 15.4. The molecule has 0 aromatic carbocycles. The second-order valence-electron chi connectivity index (χ2n) is 9.11. The first-order chi connectivity index (χ1) is 12.1. The Labute approximate surface area is 152 Å². The van der Waals surface area contributed by atoms with Crippen molar-refractivity contribution in [3.05, 3.63) is 0 Å². The van der Waals surface area contributed by atoms with E-state index in [2.05, 4.69) is 18.0 Å². The van der Waals surface area contributed by atoms with Gasteiger partial charge in [-0.2, -0.15) is 0 Å². The molecule has 7 unspecified atom stereocenters. The normalized spacial score (nSPS) is 50.5. The summed E-state index contributed by atoms with van der Waals surface area (Å²) in [6.07, 6.45) is 17.3. The van der Waals surface area contributed by atoms with E-state index >= 15 is 0 Å².